The van der Waals surface area contributed by atoms with E-state index >= 15 is 0 Å². The fourth-order valence-corrected chi connectivity index (χ4v) is 2.57. The van der Waals surface area contributed by atoms with Gasteiger partial charge in [0.25, 0.3) is 0 Å². The molecule has 0 radical (unpaired) electrons. The van der Waals surface area contributed by atoms with Crippen molar-refractivity contribution in [3.8, 4) is 0 Å². The molecule has 17 heavy (non-hydrogen) atoms. The van der Waals surface area contributed by atoms with Gasteiger partial charge in [-0.05, 0) is 13.8 Å². The molecule has 6 nitrogen and oxygen atoms in total. The van der Waals surface area contributed by atoms with Crippen LogP contribution in [0.4, 0.5) is 11.8 Å². The summed E-state index contributed by atoms with van der Waals surface area (Å²) in [6, 6.07) is 0. The first-order valence-corrected chi connectivity index (χ1v) is 5.64. The molecule has 0 amide bonds. The molecule has 0 saturated heterocycles. The van der Waals surface area contributed by atoms with Gasteiger partial charge in [0.2, 0.25) is 11.8 Å². The largest absolute Gasteiger partial charge is 0.338 e. The van der Waals surface area contributed by atoms with Gasteiger partial charge in [-0.25, -0.2) is 0 Å². The van der Waals surface area contributed by atoms with Crippen molar-refractivity contribution in [1.29, 1.82) is 0 Å². The second kappa shape index (κ2) is 2.82. The van der Waals surface area contributed by atoms with E-state index in [1.165, 1.54) is 0 Å². The van der Waals surface area contributed by atoms with Gasteiger partial charge in [0, 0.05) is 0 Å². The number of fused-ring (bicyclic) bond motifs is 6. The highest BCUT2D eigenvalue weighted by Crippen LogP contribution is 2.39. The molecule has 2 aromatic rings. The zero-order chi connectivity index (χ0) is 11.6. The van der Waals surface area contributed by atoms with Gasteiger partial charge in [0.1, 0.15) is 0 Å². The van der Waals surface area contributed by atoms with Gasteiger partial charge in [-0.1, -0.05) is 10.3 Å². The molecule has 0 atom stereocenters. The van der Waals surface area contributed by atoms with Crippen molar-refractivity contribution in [1.82, 2.24) is 10.3 Å². The van der Waals surface area contributed by atoms with E-state index in [1.807, 2.05) is 13.8 Å². The van der Waals surface area contributed by atoms with Crippen LogP contribution >= 0.6 is 0 Å². The molecule has 2 aliphatic rings. The van der Waals surface area contributed by atoms with Crippen molar-refractivity contribution in [2.45, 2.75) is 26.9 Å². The fourth-order valence-electron chi connectivity index (χ4n) is 2.57. The molecule has 0 aromatic carbocycles. The summed E-state index contributed by atoms with van der Waals surface area (Å²) in [4.78, 5) is 4.34. The van der Waals surface area contributed by atoms with E-state index in [2.05, 4.69) is 20.1 Å². The van der Waals surface area contributed by atoms with Gasteiger partial charge in [0.05, 0.1) is 42.3 Å². The van der Waals surface area contributed by atoms with E-state index in [-0.39, 0.29) is 0 Å². The van der Waals surface area contributed by atoms with Crippen LogP contribution in [0.2, 0.25) is 0 Å². The highest BCUT2D eigenvalue weighted by Gasteiger charge is 2.36. The molecule has 6 heteroatoms. The Morgan fingerprint density at radius 1 is 0.882 bits per heavy atom. The van der Waals surface area contributed by atoms with Crippen molar-refractivity contribution in [2.24, 2.45) is 0 Å². The summed E-state index contributed by atoms with van der Waals surface area (Å²) in [5, 5.41) is 8.08. The Bertz CT molecular complexity index is 548. The van der Waals surface area contributed by atoms with Gasteiger partial charge < -0.3 is 18.8 Å². The first kappa shape index (κ1) is 9.09. The number of aryl methyl sites for hydroxylation is 2. The lowest BCUT2D eigenvalue weighted by Crippen LogP contribution is -2.45. The van der Waals surface area contributed by atoms with Crippen LogP contribution in [0, 0.1) is 13.8 Å². The van der Waals surface area contributed by atoms with E-state index in [0.29, 0.717) is 0 Å². The van der Waals surface area contributed by atoms with E-state index in [4.69, 9.17) is 9.05 Å². The van der Waals surface area contributed by atoms with Gasteiger partial charge in [-0.3, -0.25) is 0 Å². The number of hydrogen-bond donors (Lipinski definition) is 0. The molecule has 0 spiro atoms. The Kier molecular flexibility index (Phi) is 1.51. The average molecular weight is 232 g/mol. The first-order valence-electron chi connectivity index (χ1n) is 5.64. The van der Waals surface area contributed by atoms with Crippen LogP contribution in [-0.2, 0) is 13.1 Å². The molecule has 0 saturated carbocycles. The molecular formula is C11H12N4O2. The summed E-state index contributed by atoms with van der Waals surface area (Å²) in [7, 11) is 0. The van der Waals surface area contributed by atoms with E-state index < -0.39 is 0 Å². The van der Waals surface area contributed by atoms with Crippen molar-refractivity contribution in [3.63, 3.8) is 0 Å². The molecule has 4 rings (SSSR count). The lowest BCUT2D eigenvalue weighted by Gasteiger charge is -2.38. The Balaban J connectivity index is 1.88. The lowest BCUT2D eigenvalue weighted by molar-refractivity contribution is 0.383. The monoisotopic (exact) mass is 232 g/mol. The zero-order valence-corrected chi connectivity index (χ0v) is 9.73. The van der Waals surface area contributed by atoms with Crippen LogP contribution in [0.1, 0.15) is 22.5 Å². The van der Waals surface area contributed by atoms with Gasteiger partial charge in [-0.15, -0.1) is 0 Å². The normalized spacial score (nSPS) is 17.1. The fraction of sp³-hybridized carbons (Fsp3) is 0.455. The summed E-state index contributed by atoms with van der Waals surface area (Å²) in [5.74, 6) is 1.79. The molecule has 0 N–H and O–H groups in total. The molecule has 0 aliphatic carbocycles. The van der Waals surface area contributed by atoms with Gasteiger partial charge in [0.15, 0.2) is 0 Å². The average Bonchev–Trinajstić information content (AvgIpc) is 2.86. The third kappa shape index (κ3) is 1.05. The van der Waals surface area contributed by atoms with Crippen molar-refractivity contribution < 1.29 is 9.05 Å². The molecule has 0 unspecified atom stereocenters. The van der Waals surface area contributed by atoms with E-state index in [0.717, 1.165) is 54.0 Å². The zero-order valence-electron chi connectivity index (χ0n) is 9.73. The third-order valence-electron chi connectivity index (χ3n) is 3.54. The number of aromatic nitrogens is 2. The van der Waals surface area contributed by atoms with Crippen LogP contribution in [-0.4, -0.2) is 17.0 Å². The second-order valence-electron chi connectivity index (χ2n) is 4.64. The minimum absolute atomic E-state index is 0.781. The summed E-state index contributed by atoms with van der Waals surface area (Å²) < 4.78 is 10.8. The second-order valence-corrected chi connectivity index (χ2v) is 4.64. The number of anilines is 2. The number of nitrogens with zero attached hydrogens (tertiary/aromatic N) is 4. The summed E-state index contributed by atoms with van der Waals surface area (Å²) in [6.45, 7) is 6.28. The Hall–Kier alpha value is -1.98. The third-order valence-corrected chi connectivity index (χ3v) is 3.54. The summed E-state index contributed by atoms with van der Waals surface area (Å²) in [6.07, 6.45) is 0. The Morgan fingerprint density at radius 2 is 1.35 bits per heavy atom. The number of rotatable bonds is 0. The maximum absolute atomic E-state index is 5.40. The number of hydrogen-bond acceptors (Lipinski definition) is 6. The molecule has 88 valence electrons. The quantitative estimate of drug-likeness (QED) is 0.687. The maximum Gasteiger partial charge on any atom is 0.234 e. The summed E-state index contributed by atoms with van der Waals surface area (Å²) in [5.41, 5.74) is 4.20. The topological polar surface area (TPSA) is 58.5 Å². The molecule has 0 fully saturated rings. The standard InChI is InChI=1S/C11H12N4O2/c1-6-8-3-14-5-15(10(8)16-12-6)4-9-7(2)13-17-11(9)14/h3-5H2,1-2H3. The van der Waals surface area contributed by atoms with Crippen LogP contribution in [0.15, 0.2) is 9.05 Å². The molecule has 2 bridgehead atoms. The predicted octanol–water partition coefficient (Wildman–Crippen LogP) is 1.58. The van der Waals surface area contributed by atoms with Crippen LogP contribution < -0.4 is 9.80 Å². The smallest absolute Gasteiger partial charge is 0.234 e. The van der Waals surface area contributed by atoms with Crippen LogP contribution in [0.5, 0.6) is 0 Å². The van der Waals surface area contributed by atoms with Gasteiger partial charge >= 0.3 is 0 Å². The van der Waals surface area contributed by atoms with Crippen molar-refractivity contribution >= 4 is 11.8 Å². The minimum atomic E-state index is 0.781. The first-order chi connectivity index (χ1) is 8.24. The van der Waals surface area contributed by atoms with Crippen molar-refractivity contribution in [2.75, 3.05) is 16.5 Å². The SMILES string of the molecule is Cc1noc2c1CN1CN2Cc2c(C)noc21. The Labute approximate surface area is 97.8 Å². The maximum atomic E-state index is 5.40. The summed E-state index contributed by atoms with van der Waals surface area (Å²) >= 11 is 0. The van der Waals surface area contributed by atoms with Crippen LogP contribution in [0.3, 0.4) is 0 Å². The molecule has 2 aliphatic heterocycles. The molecule has 4 heterocycles. The van der Waals surface area contributed by atoms with Crippen LogP contribution in [0.25, 0.3) is 0 Å². The van der Waals surface area contributed by atoms with Gasteiger partial charge in [-0.2, -0.15) is 0 Å². The highest BCUT2D eigenvalue weighted by atomic mass is 16.5. The Morgan fingerprint density at radius 3 is 1.82 bits per heavy atom. The predicted molar refractivity (Wildman–Crippen MR) is 59.7 cm³/mol. The van der Waals surface area contributed by atoms with Crippen molar-refractivity contribution in [3.05, 3.63) is 22.5 Å². The highest BCUT2D eigenvalue weighted by molar-refractivity contribution is 5.61. The minimum Gasteiger partial charge on any atom is -0.338 e. The van der Waals surface area contributed by atoms with E-state index in [9.17, 15) is 0 Å². The molecular weight excluding hydrogens is 220 g/mol. The lowest BCUT2D eigenvalue weighted by atomic mass is 10.1. The molecule has 2 aromatic heterocycles. The van der Waals surface area contributed by atoms with E-state index in [1.54, 1.807) is 0 Å².